The van der Waals surface area contributed by atoms with Crippen LogP contribution in [0.4, 0.5) is 0 Å². The van der Waals surface area contributed by atoms with Gasteiger partial charge in [0.1, 0.15) is 24.3 Å². The number of nitrogens with zero attached hydrogens (tertiary/aromatic N) is 3. The van der Waals surface area contributed by atoms with E-state index in [-0.39, 0.29) is 11.5 Å². The lowest BCUT2D eigenvalue weighted by Gasteiger charge is -2.06. The average molecular weight is 370 g/mol. The topological polar surface area (TPSA) is 78.1 Å². The molecule has 1 aromatic carbocycles. The number of esters is 1. The molecular formula is C14H9Cl2N3O3S. The van der Waals surface area contributed by atoms with Crippen molar-refractivity contribution < 1.29 is 13.9 Å². The van der Waals surface area contributed by atoms with Crippen molar-refractivity contribution in [2.75, 3.05) is 0 Å². The molecule has 3 rings (SSSR count). The standard InChI is InChI=1S/C14H9Cl2N3O3S/c1-7-17-11(6-21-7)12-13(23-19-18-12)14(20)22-5-8-2-3-9(15)4-10(8)16/h2-4,6H,5H2,1H3. The highest BCUT2D eigenvalue weighted by atomic mass is 35.5. The predicted molar refractivity (Wildman–Crippen MR) is 85.7 cm³/mol. The summed E-state index contributed by atoms with van der Waals surface area (Å²) in [6.07, 6.45) is 1.42. The first kappa shape index (κ1) is 15.9. The second kappa shape index (κ2) is 6.66. The van der Waals surface area contributed by atoms with Crippen LogP contribution in [-0.4, -0.2) is 20.5 Å². The quantitative estimate of drug-likeness (QED) is 0.642. The SMILES string of the molecule is Cc1nc(-c2nnsc2C(=O)OCc2ccc(Cl)cc2Cl)co1. The zero-order valence-electron chi connectivity index (χ0n) is 11.7. The van der Waals surface area contributed by atoms with Gasteiger partial charge in [-0.15, -0.1) is 5.10 Å². The number of hydrogen-bond donors (Lipinski definition) is 0. The van der Waals surface area contributed by atoms with Gasteiger partial charge in [-0.1, -0.05) is 33.8 Å². The molecule has 6 nitrogen and oxygen atoms in total. The second-order valence-electron chi connectivity index (χ2n) is 4.51. The van der Waals surface area contributed by atoms with E-state index in [0.717, 1.165) is 11.5 Å². The van der Waals surface area contributed by atoms with E-state index in [0.29, 0.717) is 32.9 Å². The molecule has 23 heavy (non-hydrogen) atoms. The molecule has 0 N–H and O–H groups in total. The Bertz CT molecular complexity index is 863. The van der Waals surface area contributed by atoms with Crippen LogP contribution in [0.5, 0.6) is 0 Å². The van der Waals surface area contributed by atoms with Crippen molar-refractivity contribution >= 4 is 40.7 Å². The molecule has 118 valence electrons. The minimum Gasteiger partial charge on any atom is -0.456 e. The number of oxazole rings is 1. The van der Waals surface area contributed by atoms with E-state index in [1.165, 1.54) is 6.26 Å². The molecule has 0 fully saturated rings. The summed E-state index contributed by atoms with van der Waals surface area (Å²) in [6.45, 7) is 1.72. The Balaban J connectivity index is 1.76. The van der Waals surface area contributed by atoms with Crippen molar-refractivity contribution in [1.29, 1.82) is 0 Å². The fourth-order valence-electron chi connectivity index (χ4n) is 1.81. The van der Waals surface area contributed by atoms with Crippen molar-refractivity contribution in [3.63, 3.8) is 0 Å². The summed E-state index contributed by atoms with van der Waals surface area (Å²) in [6, 6.07) is 4.96. The number of carbonyl (C=O) groups is 1. The van der Waals surface area contributed by atoms with Gasteiger partial charge in [0.2, 0.25) is 0 Å². The highest BCUT2D eigenvalue weighted by molar-refractivity contribution is 7.08. The Labute approximate surface area is 145 Å². The first-order valence-electron chi connectivity index (χ1n) is 6.40. The third-order valence-corrected chi connectivity index (χ3v) is 4.20. The number of rotatable bonds is 4. The molecule has 0 amide bonds. The fourth-order valence-corrected chi connectivity index (χ4v) is 2.84. The van der Waals surface area contributed by atoms with Gasteiger partial charge in [0.25, 0.3) is 0 Å². The Kier molecular flexibility index (Phi) is 4.61. The van der Waals surface area contributed by atoms with E-state index in [2.05, 4.69) is 14.6 Å². The van der Waals surface area contributed by atoms with E-state index in [1.54, 1.807) is 25.1 Å². The molecule has 0 aliphatic rings. The molecule has 0 aliphatic carbocycles. The van der Waals surface area contributed by atoms with Crippen LogP contribution in [0.3, 0.4) is 0 Å². The number of ether oxygens (including phenoxy) is 1. The summed E-state index contributed by atoms with van der Waals surface area (Å²) in [5.41, 5.74) is 1.42. The van der Waals surface area contributed by atoms with Crippen LogP contribution < -0.4 is 0 Å². The molecule has 0 saturated heterocycles. The lowest BCUT2D eigenvalue weighted by Crippen LogP contribution is -2.05. The van der Waals surface area contributed by atoms with Crippen LogP contribution in [0.25, 0.3) is 11.4 Å². The van der Waals surface area contributed by atoms with Gasteiger partial charge in [0.05, 0.1) is 0 Å². The predicted octanol–water partition coefficient (Wildman–Crippen LogP) is 4.17. The molecule has 0 aliphatic heterocycles. The highest BCUT2D eigenvalue weighted by Crippen LogP contribution is 2.25. The van der Waals surface area contributed by atoms with Crippen molar-refractivity contribution in [1.82, 2.24) is 14.6 Å². The second-order valence-corrected chi connectivity index (χ2v) is 6.11. The summed E-state index contributed by atoms with van der Waals surface area (Å²) in [7, 11) is 0. The Morgan fingerprint density at radius 3 is 2.91 bits per heavy atom. The molecule has 2 heterocycles. The highest BCUT2D eigenvalue weighted by Gasteiger charge is 2.21. The average Bonchev–Trinajstić information content (AvgIpc) is 3.14. The number of aromatic nitrogens is 3. The smallest absolute Gasteiger partial charge is 0.352 e. The lowest BCUT2D eigenvalue weighted by atomic mass is 10.2. The van der Waals surface area contributed by atoms with Crippen LogP contribution in [-0.2, 0) is 11.3 Å². The van der Waals surface area contributed by atoms with E-state index in [4.69, 9.17) is 32.4 Å². The first-order valence-corrected chi connectivity index (χ1v) is 7.93. The lowest BCUT2D eigenvalue weighted by molar-refractivity contribution is 0.0479. The molecular weight excluding hydrogens is 361 g/mol. The number of halogens is 2. The maximum absolute atomic E-state index is 12.2. The van der Waals surface area contributed by atoms with Crippen LogP contribution >= 0.6 is 34.7 Å². The van der Waals surface area contributed by atoms with Crippen molar-refractivity contribution in [2.24, 2.45) is 0 Å². The third-order valence-electron chi connectivity index (χ3n) is 2.91. The summed E-state index contributed by atoms with van der Waals surface area (Å²) >= 11 is 12.8. The molecule has 0 bridgehead atoms. The Morgan fingerprint density at radius 2 is 2.22 bits per heavy atom. The largest absolute Gasteiger partial charge is 0.456 e. The van der Waals surface area contributed by atoms with Crippen LogP contribution in [0.1, 0.15) is 21.1 Å². The van der Waals surface area contributed by atoms with Gasteiger partial charge in [-0.25, -0.2) is 9.78 Å². The van der Waals surface area contributed by atoms with Crippen LogP contribution in [0.15, 0.2) is 28.9 Å². The van der Waals surface area contributed by atoms with Gasteiger partial charge < -0.3 is 9.15 Å². The Morgan fingerprint density at radius 1 is 1.39 bits per heavy atom. The van der Waals surface area contributed by atoms with Gasteiger partial charge in [-0.2, -0.15) is 0 Å². The normalized spacial score (nSPS) is 10.7. The molecule has 0 radical (unpaired) electrons. The summed E-state index contributed by atoms with van der Waals surface area (Å²) in [5, 5.41) is 4.85. The van der Waals surface area contributed by atoms with Crippen molar-refractivity contribution in [3.8, 4) is 11.4 Å². The fraction of sp³-hybridized carbons (Fsp3) is 0.143. The minimum atomic E-state index is -0.554. The number of aryl methyl sites for hydroxylation is 1. The van der Waals surface area contributed by atoms with Gasteiger partial charge >= 0.3 is 5.97 Å². The van der Waals surface area contributed by atoms with Crippen molar-refractivity contribution in [2.45, 2.75) is 13.5 Å². The maximum Gasteiger partial charge on any atom is 0.352 e. The van der Waals surface area contributed by atoms with E-state index < -0.39 is 5.97 Å². The number of hydrogen-bond acceptors (Lipinski definition) is 7. The molecule has 2 aromatic heterocycles. The van der Waals surface area contributed by atoms with Crippen LogP contribution in [0, 0.1) is 6.92 Å². The van der Waals surface area contributed by atoms with Gasteiger partial charge in [-0.05, 0) is 23.7 Å². The zero-order valence-corrected chi connectivity index (χ0v) is 14.1. The van der Waals surface area contributed by atoms with Gasteiger partial charge in [-0.3, -0.25) is 0 Å². The van der Waals surface area contributed by atoms with Crippen molar-refractivity contribution in [3.05, 3.63) is 50.8 Å². The number of benzene rings is 1. The van der Waals surface area contributed by atoms with Gasteiger partial charge in [0.15, 0.2) is 10.8 Å². The molecule has 0 saturated carbocycles. The molecule has 9 heteroatoms. The zero-order chi connectivity index (χ0) is 16.4. The Hall–Kier alpha value is -1.96. The molecule has 0 unspecified atom stereocenters. The molecule has 3 aromatic rings. The summed E-state index contributed by atoms with van der Waals surface area (Å²) in [5.74, 6) is -0.0815. The summed E-state index contributed by atoms with van der Waals surface area (Å²) in [4.78, 5) is 16.6. The third kappa shape index (κ3) is 3.52. The molecule has 0 atom stereocenters. The summed E-state index contributed by atoms with van der Waals surface area (Å²) < 4.78 is 14.2. The maximum atomic E-state index is 12.2. The monoisotopic (exact) mass is 369 g/mol. The van der Waals surface area contributed by atoms with Gasteiger partial charge in [0, 0.05) is 22.5 Å². The molecule has 0 spiro atoms. The van der Waals surface area contributed by atoms with E-state index in [9.17, 15) is 4.79 Å². The van der Waals surface area contributed by atoms with E-state index >= 15 is 0 Å². The minimum absolute atomic E-state index is 0.0179. The van der Waals surface area contributed by atoms with Crippen LogP contribution in [0.2, 0.25) is 10.0 Å². The van der Waals surface area contributed by atoms with E-state index in [1.807, 2.05) is 0 Å². The first-order chi connectivity index (χ1) is 11.0. The number of carbonyl (C=O) groups excluding carboxylic acids is 1.